The van der Waals surface area contributed by atoms with Crippen LogP contribution >= 0.6 is 35.3 Å². The van der Waals surface area contributed by atoms with Crippen molar-refractivity contribution in [1.29, 1.82) is 0 Å². The number of aryl methyl sites for hydroxylation is 1. The summed E-state index contributed by atoms with van der Waals surface area (Å²) in [5.41, 5.74) is 7.83. The van der Waals surface area contributed by atoms with Crippen LogP contribution < -0.4 is 11.1 Å². The standard InChI is InChI=1S/C15H19N3S3/c1-4-20-12-7-5-6-11(13(12)14(16)19)18-10(3)15-17-8-9(2)21-15/h5-8,10,18H,4H2,1-3H3,(H2,16,19). The zero-order chi connectivity index (χ0) is 15.4. The topological polar surface area (TPSA) is 50.9 Å². The number of hydrogen-bond acceptors (Lipinski definition) is 5. The van der Waals surface area contributed by atoms with Gasteiger partial charge in [0.2, 0.25) is 0 Å². The van der Waals surface area contributed by atoms with Gasteiger partial charge >= 0.3 is 0 Å². The second-order valence-corrected chi connectivity index (χ2v) is 7.66. The summed E-state index contributed by atoms with van der Waals surface area (Å²) in [7, 11) is 0. The summed E-state index contributed by atoms with van der Waals surface area (Å²) < 4.78 is 0. The molecule has 0 saturated heterocycles. The van der Waals surface area contributed by atoms with Gasteiger partial charge in [0.05, 0.1) is 6.04 Å². The Hall–Kier alpha value is -1.11. The van der Waals surface area contributed by atoms with Gasteiger partial charge in [-0.25, -0.2) is 4.98 Å². The average Bonchev–Trinajstić information content (AvgIpc) is 2.86. The SMILES string of the molecule is CCSc1cccc(NC(C)c2ncc(C)s2)c1C(N)=S. The Morgan fingerprint density at radius 1 is 1.52 bits per heavy atom. The van der Waals surface area contributed by atoms with Crippen LogP contribution in [0.25, 0.3) is 0 Å². The maximum Gasteiger partial charge on any atom is 0.115 e. The number of aromatic nitrogens is 1. The minimum Gasteiger partial charge on any atom is -0.389 e. The molecular weight excluding hydrogens is 318 g/mol. The van der Waals surface area contributed by atoms with Crippen LogP contribution in [0, 0.1) is 6.92 Å². The Morgan fingerprint density at radius 2 is 2.29 bits per heavy atom. The van der Waals surface area contributed by atoms with Crippen LogP contribution in [0.5, 0.6) is 0 Å². The first-order chi connectivity index (χ1) is 10.0. The minimum absolute atomic E-state index is 0.124. The van der Waals surface area contributed by atoms with Crippen LogP contribution in [0.4, 0.5) is 5.69 Å². The minimum atomic E-state index is 0.124. The molecule has 0 saturated carbocycles. The lowest BCUT2D eigenvalue weighted by atomic mass is 10.1. The highest BCUT2D eigenvalue weighted by molar-refractivity contribution is 7.99. The lowest BCUT2D eigenvalue weighted by Crippen LogP contribution is -2.16. The highest BCUT2D eigenvalue weighted by Crippen LogP contribution is 2.31. The normalized spacial score (nSPS) is 12.1. The molecule has 0 aliphatic carbocycles. The summed E-state index contributed by atoms with van der Waals surface area (Å²) in [4.78, 5) is 7.19. The Balaban J connectivity index is 2.30. The lowest BCUT2D eigenvalue weighted by Gasteiger charge is -2.18. The van der Waals surface area contributed by atoms with Crippen LogP contribution in [0.2, 0.25) is 0 Å². The number of thiocarbonyl (C=S) groups is 1. The Bertz CT molecular complexity index is 637. The molecule has 0 radical (unpaired) electrons. The maximum absolute atomic E-state index is 5.93. The van der Waals surface area contributed by atoms with E-state index in [9.17, 15) is 0 Å². The monoisotopic (exact) mass is 337 g/mol. The second-order valence-electron chi connectivity index (χ2n) is 4.65. The number of nitrogens with zero attached hydrogens (tertiary/aromatic N) is 1. The zero-order valence-electron chi connectivity index (χ0n) is 12.3. The van der Waals surface area contributed by atoms with Gasteiger partial charge in [0.25, 0.3) is 0 Å². The first-order valence-electron chi connectivity index (χ1n) is 6.77. The van der Waals surface area contributed by atoms with Crippen LogP contribution in [0.1, 0.15) is 35.3 Å². The smallest absolute Gasteiger partial charge is 0.115 e. The van der Waals surface area contributed by atoms with Crippen molar-refractivity contribution in [3.05, 3.63) is 39.8 Å². The van der Waals surface area contributed by atoms with E-state index < -0.39 is 0 Å². The van der Waals surface area contributed by atoms with Crippen molar-refractivity contribution in [2.45, 2.75) is 31.7 Å². The van der Waals surface area contributed by atoms with E-state index in [0.29, 0.717) is 4.99 Å². The van der Waals surface area contributed by atoms with E-state index in [0.717, 1.165) is 26.9 Å². The number of nitrogens with one attached hydrogen (secondary N) is 1. The summed E-state index contributed by atoms with van der Waals surface area (Å²) >= 11 is 8.69. The van der Waals surface area contributed by atoms with E-state index in [-0.39, 0.29) is 6.04 Å². The molecule has 112 valence electrons. The molecule has 3 nitrogen and oxygen atoms in total. The Morgan fingerprint density at radius 3 is 2.86 bits per heavy atom. The van der Waals surface area contributed by atoms with Crippen molar-refractivity contribution in [1.82, 2.24) is 4.98 Å². The van der Waals surface area contributed by atoms with Gasteiger partial charge in [-0.3, -0.25) is 0 Å². The van der Waals surface area contributed by atoms with Crippen molar-refractivity contribution in [3.63, 3.8) is 0 Å². The molecule has 0 aliphatic heterocycles. The van der Waals surface area contributed by atoms with Gasteiger partial charge < -0.3 is 11.1 Å². The quantitative estimate of drug-likeness (QED) is 0.605. The van der Waals surface area contributed by atoms with E-state index in [2.05, 4.69) is 37.1 Å². The largest absolute Gasteiger partial charge is 0.389 e. The lowest BCUT2D eigenvalue weighted by molar-refractivity contribution is 0.868. The maximum atomic E-state index is 5.93. The van der Waals surface area contributed by atoms with Crippen molar-refractivity contribution >= 4 is 46.0 Å². The molecule has 1 aromatic carbocycles. The molecule has 21 heavy (non-hydrogen) atoms. The van der Waals surface area contributed by atoms with E-state index in [1.165, 1.54) is 4.88 Å². The highest BCUT2D eigenvalue weighted by atomic mass is 32.2. The van der Waals surface area contributed by atoms with Gasteiger partial charge in [-0.15, -0.1) is 23.1 Å². The molecule has 1 unspecified atom stereocenters. The molecule has 2 aromatic rings. The number of thiazole rings is 1. The van der Waals surface area contributed by atoms with Gasteiger partial charge in [0, 0.05) is 27.2 Å². The molecule has 3 N–H and O–H groups in total. The molecule has 0 spiro atoms. The second kappa shape index (κ2) is 7.24. The van der Waals surface area contributed by atoms with Crippen LogP contribution in [0.3, 0.4) is 0 Å². The van der Waals surface area contributed by atoms with Crippen molar-refractivity contribution in [3.8, 4) is 0 Å². The molecule has 1 atom stereocenters. The number of hydrogen-bond donors (Lipinski definition) is 2. The first kappa shape index (κ1) is 16.3. The van der Waals surface area contributed by atoms with Gasteiger partial charge in [-0.05, 0) is 31.7 Å². The molecule has 0 bridgehead atoms. The van der Waals surface area contributed by atoms with Crippen molar-refractivity contribution < 1.29 is 0 Å². The fraction of sp³-hybridized carbons (Fsp3) is 0.333. The molecule has 1 aromatic heterocycles. The molecule has 6 heteroatoms. The molecule has 1 heterocycles. The third-order valence-electron chi connectivity index (χ3n) is 2.95. The van der Waals surface area contributed by atoms with Gasteiger partial charge in [0.1, 0.15) is 10.00 Å². The summed E-state index contributed by atoms with van der Waals surface area (Å²) in [5.74, 6) is 0.986. The molecular formula is C15H19N3S3. The number of nitrogens with two attached hydrogens (primary N) is 1. The average molecular weight is 338 g/mol. The molecule has 2 rings (SSSR count). The van der Waals surface area contributed by atoms with Gasteiger partial charge in [-0.1, -0.05) is 25.2 Å². The summed E-state index contributed by atoms with van der Waals surface area (Å²) in [6.07, 6.45) is 1.90. The van der Waals surface area contributed by atoms with Gasteiger partial charge in [0.15, 0.2) is 0 Å². The highest BCUT2D eigenvalue weighted by Gasteiger charge is 2.15. The van der Waals surface area contributed by atoms with Crippen LogP contribution in [-0.4, -0.2) is 15.7 Å². The molecule has 0 aliphatic rings. The fourth-order valence-corrected chi connectivity index (χ4v) is 3.96. The Labute approximate surface area is 139 Å². The number of benzene rings is 1. The zero-order valence-corrected chi connectivity index (χ0v) is 14.8. The molecule has 0 amide bonds. The van der Waals surface area contributed by atoms with Crippen molar-refractivity contribution in [2.24, 2.45) is 5.73 Å². The first-order valence-corrected chi connectivity index (χ1v) is 8.98. The summed E-state index contributed by atoms with van der Waals surface area (Å²) in [5, 5.41) is 4.55. The third kappa shape index (κ3) is 3.96. The van der Waals surface area contributed by atoms with Crippen molar-refractivity contribution in [2.75, 3.05) is 11.1 Å². The Kier molecular flexibility index (Phi) is 5.61. The van der Waals surface area contributed by atoms with Crippen LogP contribution in [-0.2, 0) is 0 Å². The van der Waals surface area contributed by atoms with Crippen LogP contribution in [0.15, 0.2) is 29.3 Å². The van der Waals surface area contributed by atoms with E-state index in [4.69, 9.17) is 18.0 Å². The summed E-state index contributed by atoms with van der Waals surface area (Å²) in [6.45, 7) is 6.28. The number of anilines is 1. The molecule has 0 fully saturated rings. The fourth-order valence-electron chi connectivity index (χ4n) is 2.05. The van der Waals surface area contributed by atoms with E-state index in [1.54, 1.807) is 23.1 Å². The number of rotatable bonds is 6. The third-order valence-corrected chi connectivity index (χ3v) is 5.19. The number of thioether (sulfide) groups is 1. The predicted octanol–water partition coefficient (Wildman–Crippen LogP) is 4.37. The van der Waals surface area contributed by atoms with E-state index >= 15 is 0 Å². The van der Waals surface area contributed by atoms with E-state index in [1.807, 2.05) is 18.3 Å². The predicted molar refractivity (Wildman–Crippen MR) is 97.6 cm³/mol. The summed E-state index contributed by atoms with van der Waals surface area (Å²) in [6, 6.07) is 6.23. The van der Waals surface area contributed by atoms with Gasteiger partial charge in [-0.2, -0.15) is 0 Å².